The molecule has 0 aromatic heterocycles. The van der Waals surface area contributed by atoms with Gasteiger partial charge in [0, 0.05) is 32.5 Å². The van der Waals surface area contributed by atoms with Crippen LogP contribution in [-0.2, 0) is 9.53 Å². The van der Waals surface area contributed by atoms with Gasteiger partial charge in [0.2, 0.25) is 5.91 Å². The molecule has 3 aliphatic heterocycles. The van der Waals surface area contributed by atoms with Crippen LogP contribution in [0, 0.1) is 5.92 Å². The molecule has 3 aliphatic rings. The summed E-state index contributed by atoms with van der Waals surface area (Å²) in [7, 11) is 0. The first-order valence-corrected chi connectivity index (χ1v) is 10.4. The van der Waals surface area contributed by atoms with E-state index in [-0.39, 0.29) is 23.6 Å². The minimum atomic E-state index is -0.375. The Bertz CT molecular complexity index is 508. The van der Waals surface area contributed by atoms with Crippen LogP contribution >= 0.6 is 0 Å². The number of likely N-dealkylation sites (tertiary alicyclic amines) is 2. The van der Waals surface area contributed by atoms with Crippen molar-refractivity contribution in [2.24, 2.45) is 5.92 Å². The largest absolute Gasteiger partial charge is 0.441 e. The van der Waals surface area contributed by atoms with Crippen LogP contribution < -0.4 is 0 Å². The van der Waals surface area contributed by atoms with Gasteiger partial charge in [-0.1, -0.05) is 20.8 Å². The van der Waals surface area contributed by atoms with E-state index in [1.165, 1.54) is 12.8 Å². The van der Waals surface area contributed by atoms with Gasteiger partial charge in [-0.3, -0.25) is 9.69 Å². The number of piperidine rings is 1. The lowest BCUT2D eigenvalue weighted by Gasteiger charge is -2.40. The van der Waals surface area contributed by atoms with E-state index < -0.39 is 0 Å². The molecule has 2 amide bonds. The van der Waals surface area contributed by atoms with Crippen molar-refractivity contribution in [3.05, 3.63) is 0 Å². The second-order valence-corrected chi connectivity index (χ2v) is 8.65. The minimum Gasteiger partial charge on any atom is -0.441 e. The predicted octanol–water partition coefficient (Wildman–Crippen LogP) is 2.72. The lowest BCUT2D eigenvalue weighted by atomic mass is 9.90. The van der Waals surface area contributed by atoms with E-state index in [9.17, 15) is 9.59 Å². The van der Waals surface area contributed by atoms with E-state index in [0.717, 1.165) is 45.3 Å². The molecule has 0 N–H and O–H groups in total. The zero-order chi connectivity index (χ0) is 18.7. The van der Waals surface area contributed by atoms with Gasteiger partial charge in [-0.2, -0.15) is 0 Å². The highest BCUT2D eigenvalue weighted by Gasteiger charge is 2.47. The molecule has 6 nitrogen and oxygen atoms in total. The first-order valence-electron chi connectivity index (χ1n) is 10.4. The zero-order valence-corrected chi connectivity index (χ0v) is 16.7. The molecule has 0 aromatic rings. The third-order valence-electron chi connectivity index (χ3n) is 6.26. The van der Waals surface area contributed by atoms with Gasteiger partial charge in [0.1, 0.15) is 5.60 Å². The Kier molecular flexibility index (Phi) is 6.10. The van der Waals surface area contributed by atoms with Crippen molar-refractivity contribution in [3.63, 3.8) is 0 Å². The van der Waals surface area contributed by atoms with E-state index in [1.807, 2.05) is 9.80 Å². The first kappa shape index (κ1) is 19.5. The molecule has 3 rings (SSSR count). The minimum absolute atomic E-state index is 0.0280. The van der Waals surface area contributed by atoms with Gasteiger partial charge >= 0.3 is 6.09 Å². The molecule has 6 heteroatoms. The molecule has 0 bridgehead atoms. The molecule has 3 saturated heterocycles. The maximum absolute atomic E-state index is 13.0. The highest BCUT2D eigenvalue weighted by Crippen LogP contribution is 2.34. The van der Waals surface area contributed by atoms with Crippen molar-refractivity contribution in [3.8, 4) is 0 Å². The Morgan fingerprint density at radius 3 is 2.38 bits per heavy atom. The van der Waals surface area contributed by atoms with Crippen LogP contribution in [0.4, 0.5) is 4.79 Å². The summed E-state index contributed by atoms with van der Waals surface area (Å²) in [4.78, 5) is 31.4. The summed E-state index contributed by atoms with van der Waals surface area (Å²) in [5.41, 5.74) is -0.375. The quantitative estimate of drug-likeness (QED) is 0.726. The zero-order valence-electron chi connectivity index (χ0n) is 16.7. The van der Waals surface area contributed by atoms with E-state index in [2.05, 4.69) is 25.7 Å². The number of hydrogen-bond acceptors (Lipinski definition) is 4. The Balaban J connectivity index is 1.53. The number of carbonyl (C=O) groups is 2. The Labute approximate surface area is 157 Å². The molecule has 0 saturated carbocycles. The molecule has 3 fully saturated rings. The Morgan fingerprint density at radius 1 is 1.15 bits per heavy atom. The first-order chi connectivity index (χ1) is 12.4. The molecule has 148 valence electrons. The van der Waals surface area contributed by atoms with Gasteiger partial charge in [-0.05, 0) is 44.7 Å². The lowest BCUT2D eigenvalue weighted by molar-refractivity contribution is -0.140. The number of nitrogens with zero attached hydrogens (tertiary/aromatic N) is 3. The van der Waals surface area contributed by atoms with Crippen molar-refractivity contribution < 1.29 is 14.3 Å². The second-order valence-electron chi connectivity index (χ2n) is 8.65. The standard InChI is InChI=1S/C20H35N3O3/c1-4-17(21-10-5-6-11-21)18(24)22-13-8-20(9-14-22)15-23(19(25)26-20)12-7-16(2)3/h16-17H,4-15H2,1-3H3/t17-/m0/s1. The third-order valence-corrected chi connectivity index (χ3v) is 6.26. The van der Waals surface area contributed by atoms with Crippen molar-refractivity contribution >= 4 is 12.0 Å². The van der Waals surface area contributed by atoms with Gasteiger partial charge < -0.3 is 14.5 Å². The number of carbonyl (C=O) groups excluding carboxylic acids is 2. The lowest BCUT2D eigenvalue weighted by Crippen LogP contribution is -2.53. The molecule has 1 atom stereocenters. The summed E-state index contributed by atoms with van der Waals surface area (Å²) in [6.45, 7) is 11.4. The average Bonchev–Trinajstić information content (AvgIpc) is 3.23. The number of amides is 2. The van der Waals surface area contributed by atoms with Crippen LogP contribution in [0.15, 0.2) is 0 Å². The Hall–Kier alpha value is -1.30. The van der Waals surface area contributed by atoms with Gasteiger partial charge in [-0.15, -0.1) is 0 Å². The van der Waals surface area contributed by atoms with E-state index in [0.29, 0.717) is 25.6 Å². The molecular formula is C20H35N3O3. The van der Waals surface area contributed by atoms with Crippen molar-refractivity contribution in [1.82, 2.24) is 14.7 Å². The fraction of sp³-hybridized carbons (Fsp3) is 0.900. The van der Waals surface area contributed by atoms with Crippen LogP contribution in [0.3, 0.4) is 0 Å². The summed E-state index contributed by atoms with van der Waals surface area (Å²) >= 11 is 0. The topological polar surface area (TPSA) is 53.1 Å². The van der Waals surface area contributed by atoms with Crippen molar-refractivity contribution in [2.75, 3.05) is 39.3 Å². The maximum atomic E-state index is 13.0. The monoisotopic (exact) mass is 365 g/mol. The van der Waals surface area contributed by atoms with Crippen molar-refractivity contribution in [1.29, 1.82) is 0 Å². The number of hydrogen-bond donors (Lipinski definition) is 0. The van der Waals surface area contributed by atoms with Crippen molar-refractivity contribution in [2.45, 2.75) is 70.9 Å². The van der Waals surface area contributed by atoms with Crippen LogP contribution in [0.25, 0.3) is 0 Å². The Morgan fingerprint density at radius 2 is 1.81 bits per heavy atom. The molecule has 3 heterocycles. The van der Waals surface area contributed by atoms with Gasteiger partial charge in [0.15, 0.2) is 0 Å². The number of ether oxygens (including phenoxy) is 1. The second kappa shape index (κ2) is 8.15. The van der Waals surface area contributed by atoms with Crippen LogP contribution in [0.1, 0.15) is 59.3 Å². The van der Waals surface area contributed by atoms with E-state index in [1.54, 1.807) is 0 Å². The molecular weight excluding hydrogens is 330 g/mol. The van der Waals surface area contributed by atoms with E-state index >= 15 is 0 Å². The third kappa shape index (κ3) is 4.16. The number of rotatable bonds is 6. The molecule has 0 aromatic carbocycles. The SMILES string of the molecule is CC[C@@H](C(=O)N1CCC2(CC1)CN(CCC(C)C)C(=O)O2)N1CCCC1. The van der Waals surface area contributed by atoms with Gasteiger partial charge in [0.25, 0.3) is 0 Å². The fourth-order valence-corrected chi connectivity index (χ4v) is 4.53. The van der Waals surface area contributed by atoms with Crippen LogP contribution in [0.5, 0.6) is 0 Å². The smallest absolute Gasteiger partial charge is 0.410 e. The summed E-state index contributed by atoms with van der Waals surface area (Å²) in [6, 6.07) is 0.0280. The average molecular weight is 366 g/mol. The molecule has 0 aliphatic carbocycles. The predicted molar refractivity (Wildman–Crippen MR) is 101 cm³/mol. The molecule has 0 radical (unpaired) electrons. The summed E-state index contributed by atoms with van der Waals surface area (Å²) in [5, 5.41) is 0. The van der Waals surface area contributed by atoms with Gasteiger partial charge in [-0.25, -0.2) is 4.79 Å². The molecule has 26 heavy (non-hydrogen) atoms. The highest BCUT2D eigenvalue weighted by molar-refractivity contribution is 5.82. The van der Waals surface area contributed by atoms with Crippen LogP contribution in [0.2, 0.25) is 0 Å². The summed E-state index contributed by atoms with van der Waals surface area (Å²) in [5.74, 6) is 0.848. The summed E-state index contributed by atoms with van der Waals surface area (Å²) < 4.78 is 5.79. The summed E-state index contributed by atoms with van der Waals surface area (Å²) in [6.07, 6.45) is 5.64. The highest BCUT2D eigenvalue weighted by atomic mass is 16.6. The fourth-order valence-electron chi connectivity index (χ4n) is 4.53. The van der Waals surface area contributed by atoms with Crippen LogP contribution in [-0.4, -0.2) is 77.6 Å². The van der Waals surface area contributed by atoms with Gasteiger partial charge in [0.05, 0.1) is 12.6 Å². The van der Waals surface area contributed by atoms with E-state index in [4.69, 9.17) is 4.74 Å². The molecule has 1 spiro atoms. The normalized spacial score (nSPS) is 24.5. The maximum Gasteiger partial charge on any atom is 0.410 e. The molecule has 0 unspecified atom stereocenters.